The van der Waals surface area contributed by atoms with Gasteiger partial charge in [-0.15, -0.1) is 0 Å². The highest BCUT2D eigenvalue weighted by Crippen LogP contribution is 2.14. The van der Waals surface area contributed by atoms with Gasteiger partial charge in [-0.1, -0.05) is 18.2 Å². The second-order valence-electron chi connectivity index (χ2n) is 6.73. The number of aromatic nitrogens is 4. The van der Waals surface area contributed by atoms with Crippen molar-refractivity contribution < 1.29 is 18.6 Å². The molecule has 0 aliphatic rings. The molecule has 0 radical (unpaired) electrons. The summed E-state index contributed by atoms with van der Waals surface area (Å²) < 4.78 is 34.8. The smallest absolute Gasteiger partial charge is 0.264 e. The van der Waals surface area contributed by atoms with Crippen molar-refractivity contribution in [3.05, 3.63) is 88.6 Å². The van der Waals surface area contributed by atoms with E-state index in [0.717, 1.165) is 0 Å². The largest absolute Gasteiger partial charge is 0.389 e. The van der Waals surface area contributed by atoms with Gasteiger partial charge in [0.1, 0.15) is 23.3 Å². The molecule has 0 spiro atoms. The average Bonchev–Trinajstić information content (AvgIpc) is 3.17. The van der Waals surface area contributed by atoms with Crippen molar-refractivity contribution in [2.45, 2.75) is 19.3 Å². The van der Waals surface area contributed by atoms with E-state index in [1.165, 1.54) is 52.1 Å². The average molecular weight is 412 g/mol. The van der Waals surface area contributed by atoms with Gasteiger partial charge in [0.15, 0.2) is 5.65 Å². The summed E-state index contributed by atoms with van der Waals surface area (Å²) in [5, 5.41) is 14.6. The predicted octanol–water partition coefficient (Wildman–Crippen LogP) is 2.44. The van der Waals surface area contributed by atoms with Crippen molar-refractivity contribution in [1.82, 2.24) is 19.3 Å². The number of hydrogen-bond acceptors (Lipinski definition) is 5. The highest BCUT2D eigenvalue weighted by molar-refractivity contribution is 5.74. The Morgan fingerprint density at radius 2 is 1.87 bits per heavy atom. The van der Waals surface area contributed by atoms with Crippen molar-refractivity contribution in [3.8, 4) is 5.69 Å². The second-order valence-corrected chi connectivity index (χ2v) is 6.73. The van der Waals surface area contributed by atoms with Gasteiger partial charge in [-0.25, -0.2) is 18.4 Å². The van der Waals surface area contributed by atoms with Crippen molar-refractivity contribution in [3.63, 3.8) is 0 Å². The molecule has 2 aromatic carbocycles. The molecule has 9 heteroatoms. The number of rotatable bonds is 7. The molecule has 0 unspecified atom stereocenters. The molecule has 0 bridgehead atoms. The van der Waals surface area contributed by atoms with Crippen LogP contribution in [0.1, 0.15) is 5.56 Å². The van der Waals surface area contributed by atoms with Crippen molar-refractivity contribution in [1.29, 1.82) is 0 Å². The Balaban J connectivity index is 1.45. The summed E-state index contributed by atoms with van der Waals surface area (Å²) in [6, 6.07) is 11.9. The molecule has 7 nitrogen and oxygen atoms in total. The molecule has 0 fully saturated rings. The lowest BCUT2D eigenvalue weighted by molar-refractivity contribution is 0.0189. The number of aliphatic hydroxyl groups is 1. The molecule has 0 saturated carbocycles. The number of hydrogen-bond donors (Lipinski definition) is 1. The summed E-state index contributed by atoms with van der Waals surface area (Å²) in [5.74, 6) is -0.757. The zero-order valence-corrected chi connectivity index (χ0v) is 15.8. The summed E-state index contributed by atoms with van der Waals surface area (Å²) in [5.41, 5.74) is 0.908. The summed E-state index contributed by atoms with van der Waals surface area (Å²) in [6.07, 6.45) is 1.71. The molecular formula is C21H18F2N4O3. The van der Waals surface area contributed by atoms with Gasteiger partial charge in [-0.2, -0.15) is 5.10 Å². The molecule has 2 heterocycles. The standard InChI is InChI=1S/C21H18F2N4O3/c22-15-5-7-16(8-6-15)27-20-18(9-25-27)21(29)26(13-24-20)10-17(28)12-30-11-14-3-1-2-4-19(14)23/h1-9,13,17,28H,10-12H2/t17-/m1/s1. The van der Waals surface area contributed by atoms with Gasteiger partial charge in [0.25, 0.3) is 5.56 Å². The van der Waals surface area contributed by atoms with Gasteiger partial charge < -0.3 is 9.84 Å². The third kappa shape index (κ3) is 4.12. The normalized spacial score (nSPS) is 12.4. The molecule has 0 aliphatic carbocycles. The van der Waals surface area contributed by atoms with Crippen LogP contribution in [-0.4, -0.2) is 37.1 Å². The van der Waals surface area contributed by atoms with Gasteiger partial charge in [0, 0.05) is 5.56 Å². The third-order valence-corrected chi connectivity index (χ3v) is 4.56. The Hall–Kier alpha value is -3.43. The number of benzene rings is 2. The SMILES string of the molecule is O=c1c2cnn(-c3ccc(F)cc3)c2ncn1C[C@@H](O)COCc1ccccc1F. The molecule has 0 aliphatic heterocycles. The van der Waals surface area contributed by atoms with Crippen LogP contribution in [0.3, 0.4) is 0 Å². The van der Waals surface area contributed by atoms with Crippen LogP contribution in [0.5, 0.6) is 0 Å². The fourth-order valence-electron chi connectivity index (χ4n) is 3.05. The van der Waals surface area contributed by atoms with Gasteiger partial charge in [0.05, 0.1) is 37.7 Å². The van der Waals surface area contributed by atoms with Crippen molar-refractivity contribution >= 4 is 11.0 Å². The van der Waals surface area contributed by atoms with Crippen LogP contribution in [-0.2, 0) is 17.9 Å². The van der Waals surface area contributed by atoms with E-state index in [1.54, 1.807) is 18.2 Å². The van der Waals surface area contributed by atoms with Crippen LogP contribution in [0, 0.1) is 11.6 Å². The van der Waals surface area contributed by atoms with Gasteiger partial charge in [-0.05, 0) is 30.3 Å². The van der Waals surface area contributed by atoms with Crippen LogP contribution < -0.4 is 5.56 Å². The molecule has 4 aromatic rings. The minimum atomic E-state index is -0.985. The molecule has 154 valence electrons. The van der Waals surface area contributed by atoms with Crippen LogP contribution >= 0.6 is 0 Å². The molecule has 0 amide bonds. The topological polar surface area (TPSA) is 82.2 Å². The van der Waals surface area contributed by atoms with Gasteiger partial charge in [0.2, 0.25) is 0 Å². The third-order valence-electron chi connectivity index (χ3n) is 4.56. The second kappa shape index (κ2) is 8.52. The minimum Gasteiger partial charge on any atom is -0.389 e. The molecule has 30 heavy (non-hydrogen) atoms. The minimum absolute atomic E-state index is 0.0142. The fourth-order valence-corrected chi connectivity index (χ4v) is 3.05. The molecule has 0 saturated heterocycles. The van der Waals surface area contributed by atoms with Crippen LogP contribution in [0.2, 0.25) is 0 Å². The van der Waals surface area contributed by atoms with Crippen molar-refractivity contribution in [2.75, 3.05) is 6.61 Å². The number of fused-ring (bicyclic) bond motifs is 1. The van der Waals surface area contributed by atoms with E-state index >= 15 is 0 Å². The number of ether oxygens (including phenoxy) is 1. The lowest BCUT2D eigenvalue weighted by atomic mass is 10.2. The van der Waals surface area contributed by atoms with Crippen LogP contribution in [0.15, 0.2) is 65.8 Å². The first-order valence-corrected chi connectivity index (χ1v) is 9.21. The van der Waals surface area contributed by atoms with E-state index in [1.807, 2.05) is 0 Å². The lowest BCUT2D eigenvalue weighted by Crippen LogP contribution is -2.29. The molecule has 1 atom stereocenters. The first kappa shape index (κ1) is 19.9. The van der Waals surface area contributed by atoms with E-state index in [2.05, 4.69) is 10.1 Å². The zero-order valence-electron chi connectivity index (χ0n) is 15.8. The van der Waals surface area contributed by atoms with Crippen LogP contribution in [0.4, 0.5) is 8.78 Å². The quantitative estimate of drug-likeness (QED) is 0.504. The number of nitrogens with zero attached hydrogens (tertiary/aromatic N) is 4. The highest BCUT2D eigenvalue weighted by atomic mass is 19.1. The van der Waals surface area contributed by atoms with E-state index in [-0.39, 0.29) is 42.3 Å². The highest BCUT2D eigenvalue weighted by Gasteiger charge is 2.14. The first-order chi connectivity index (χ1) is 14.5. The zero-order chi connectivity index (χ0) is 21.1. The van der Waals surface area contributed by atoms with E-state index < -0.39 is 6.10 Å². The Morgan fingerprint density at radius 3 is 2.63 bits per heavy atom. The Kier molecular flexibility index (Phi) is 5.64. The van der Waals surface area contributed by atoms with E-state index in [0.29, 0.717) is 16.9 Å². The summed E-state index contributed by atoms with van der Waals surface area (Å²) in [6.45, 7) is -0.102. The summed E-state index contributed by atoms with van der Waals surface area (Å²) >= 11 is 0. The monoisotopic (exact) mass is 412 g/mol. The van der Waals surface area contributed by atoms with E-state index in [9.17, 15) is 18.7 Å². The maximum absolute atomic E-state index is 13.6. The Morgan fingerprint density at radius 1 is 1.10 bits per heavy atom. The molecule has 1 N–H and O–H groups in total. The van der Waals surface area contributed by atoms with Gasteiger partial charge >= 0.3 is 0 Å². The maximum Gasteiger partial charge on any atom is 0.264 e. The fraction of sp³-hybridized carbons (Fsp3) is 0.190. The summed E-state index contributed by atoms with van der Waals surface area (Å²) in [7, 11) is 0. The van der Waals surface area contributed by atoms with Crippen molar-refractivity contribution in [2.24, 2.45) is 0 Å². The predicted molar refractivity (Wildman–Crippen MR) is 105 cm³/mol. The van der Waals surface area contributed by atoms with Gasteiger partial charge in [-0.3, -0.25) is 9.36 Å². The number of aliphatic hydroxyl groups excluding tert-OH is 1. The Labute approximate surface area is 169 Å². The Bertz CT molecular complexity index is 1220. The summed E-state index contributed by atoms with van der Waals surface area (Å²) in [4.78, 5) is 17.0. The van der Waals surface area contributed by atoms with Crippen LogP contribution in [0.25, 0.3) is 16.7 Å². The lowest BCUT2D eigenvalue weighted by Gasteiger charge is -2.13. The maximum atomic E-state index is 13.6. The number of halogens is 2. The molecular weight excluding hydrogens is 394 g/mol. The molecule has 4 rings (SSSR count). The first-order valence-electron chi connectivity index (χ1n) is 9.21. The molecule has 2 aromatic heterocycles. The van der Waals surface area contributed by atoms with E-state index in [4.69, 9.17) is 4.74 Å².